The van der Waals surface area contributed by atoms with E-state index in [1.54, 1.807) is 13.0 Å². The van der Waals surface area contributed by atoms with E-state index in [1.165, 1.54) is 57.9 Å². The normalized spacial score (nSPS) is 10.3. The molecule has 0 bridgehead atoms. The van der Waals surface area contributed by atoms with Gasteiger partial charge in [-0.15, -0.1) is 0 Å². The van der Waals surface area contributed by atoms with Crippen molar-refractivity contribution in [2.75, 3.05) is 32.0 Å². The van der Waals surface area contributed by atoms with Crippen LogP contribution in [0.25, 0.3) is 0 Å². The number of methoxy groups -OCH3 is 3. The zero-order chi connectivity index (χ0) is 23.3. The van der Waals surface area contributed by atoms with E-state index in [4.69, 9.17) is 14.2 Å². The Bertz CT molecular complexity index is 1140. The number of nitrogens with zero attached hydrogens (tertiary/aromatic N) is 1. The lowest BCUT2D eigenvalue weighted by Crippen LogP contribution is -2.15. The molecule has 0 fully saturated rings. The lowest BCUT2D eigenvalue weighted by Gasteiger charge is -2.15. The Hall–Kier alpha value is -4.14. The molecule has 0 saturated carbocycles. The second kappa shape index (κ2) is 9.78. The van der Waals surface area contributed by atoms with Crippen molar-refractivity contribution in [3.63, 3.8) is 0 Å². The minimum atomic E-state index is -0.508. The molecule has 1 aromatic heterocycles. The van der Waals surface area contributed by atoms with Crippen LogP contribution in [0.4, 0.5) is 15.9 Å². The van der Waals surface area contributed by atoms with Gasteiger partial charge in [0.2, 0.25) is 5.75 Å². The van der Waals surface area contributed by atoms with E-state index in [1.807, 2.05) is 0 Å². The van der Waals surface area contributed by atoms with Crippen molar-refractivity contribution < 1.29 is 28.2 Å². The van der Waals surface area contributed by atoms with Crippen LogP contribution in [-0.4, -0.2) is 38.1 Å². The SMILES string of the molecule is COc1cc(C(=O)Nc2cnc(NC(=O)c3cccc(F)c3)cc2C)cc(OC)c1OC. The quantitative estimate of drug-likeness (QED) is 0.576. The smallest absolute Gasteiger partial charge is 0.256 e. The maximum atomic E-state index is 13.3. The standard InChI is InChI=1S/C23H22FN3O5/c1-13-8-20(27-22(28)14-6-5-7-16(24)9-14)25-12-17(13)26-23(29)15-10-18(30-2)21(32-4)19(11-15)31-3/h5-12H,1-4H3,(H,26,29)(H,25,27,28). The maximum Gasteiger partial charge on any atom is 0.256 e. The van der Waals surface area contributed by atoms with E-state index in [0.717, 1.165) is 6.07 Å². The van der Waals surface area contributed by atoms with Gasteiger partial charge >= 0.3 is 0 Å². The summed E-state index contributed by atoms with van der Waals surface area (Å²) in [7, 11) is 4.40. The first kappa shape index (κ1) is 22.5. The highest BCUT2D eigenvalue weighted by Gasteiger charge is 2.18. The van der Waals surface area contributed by atoms with E-state index < -0.39 is 17.6 Å². The Morgan fingerprint density at radius 2 is 1.53 bits per heavy atom. The van der Waals surface area contributed by atoms with E-state index >= 15 is 0 Å². The molecule has 3 aromatic rings. The molecule has 0 aliphatic rings. The molecule has 2 aromatic carbocycles. The topological polar surface area (TPSA) is 98.8 Å². The van der Waals surface area contributed by atoms with Gasteiger partial charge in [-0.05, 0) is 48.9 Å². The van der Waals surface area contributed by atoms with Crippen LogP contribution in [0.3, 0.4) is 0 Å². The van der Waals surface area contributed by atoms with Gasteiger partial charge in [0.1, 0.15) is 11.6 Å². The number of anilines is 2. The number of aromatic nitrogens is 1. The Kier molecular flexibility index (Phi) is 6.89. The minimum Gasteiger partial charge on any atom is -0.493 e. The molecule has 8 nitrogen and oxygen atoms in total. The number of hydrogen-bond donors (Lipinski definition) is 2. The summed E-state index contributed by atoms with van der Waals surface area (Å²) in [5, 5.41) is 5.38. The van der Waals surface area contributed by atoms with Crippen LogP contribution in [0.1, 0.15) is 26.3 Å². The summed E-state index contributed by atoms with van der Waals surface area (Å²) < 4.78 is 29.1. The second-order valence-electron chi connectivity index (χ2n) is 6.72. The maximum absolute atomic E-state index is 13.3. The number of halogens is 1. The molecule has 9 heteroatoms. The third kappa shape index (κ3) is 4.94. The molecule has 0 atom stereocenters. The van der Waals surface area contributed by atoms with E-state index in [0.29, 0.717) is 34.1 Å². The second-order valence-corrected chi connectivity index (χ2v) is 6.72. The summed E-state index contributed by atoms with van der Waals surface area (Å²) in [5.41, 5.74) is 1.58. The van der Waals surface area contributed by atoms with E-state index in [9.17, 15) is 14.0 Å². The molecule has 0 unspecified atom stereocenters. The van der Waals surface area contributed by atoms with Crippen LogP contribution in [-0.2, 0) is 0 Å². The number of hydrogen-bond acceptors (Lipinski definition) is 6. The van der Waals surface area contributed by atoms with Gasteiger partial charge in [0, 0.05) is 11.1 Å². The molecule has 1 heterocycles. The molecular formula is C23H22FN3O5. The van der Waals surface area contributed by atoms with E-state index in [2.05, 4.69) is 15.6 Å². The summed E-state index contributed by atoms with van der Waals surface area (Å²) in [4.78, 5) is 29.2. The summed E-state index contributed by atoms with van der Waals surface area (Å²) >= 11 is 0. The first-order valence-electron chi connectivity index (χ1n) is 9.51. The third-order valence-corrected chi connectivity index (χ3v) is 4.61. The van der Waals surface area contributed by atoms with Gasteiger partial charge in [-0.25, -0.2) is 9.37 Å². The van der Waals surface area contributed by atoms with Crippen LogP contribution in [0.2, 0.25) is 0 Å². The molecular weight excluding hydrogens is 417 g/mol. The number of ether oxygens (including phenoxy) is 3. The number of carbonyl (C=O) groups is 2. The number of carbonyl (C=O) groups excluding carboxylic acids is 2. The summed E-state index contributed by atoms with van der Waals surface area (Å²) in [5.74, 6) is -0.0715. The Labute approximate surface area is 184 Å². The minimum absolute atomic E-state index is 0.171. The first-order valence-corrected chi connectivity index (χ1v) is 9.51. The first-order chi connectivity index (χ1) is 15.4. The van der Waals surface area contributed by atoms with Gasteiger partial charge < -0.3 is 24.8 Å². The monoisotopic (exact) mass is 439 g/mol. The summed E-state index contributed by atoms with van der Waals surface area (Å²) in [6.07, 6.45) is 1.42. The molecule has 0 radical (unpaired) electrons. The number of nitrogens with one attached hydrogen (secondary N) is 2. The highest BCUT2D eigenvalue weighted by molar-refractivity contribution is 6.06. The molecule has 2 N–H and O–H groups in total. The largest absolute Gasteiger partial charge is 0.493 e. The zero-order valence-corrected chi connectivity index (χ0v) is 18.0. The van der Waals surface area contributed by atoms with Crippen molar-refractivity contribution in [3.05, 3.63) is 71.2 Å². The van der Waals surface area contributed by atoms with Crippen LogP contribution in [0, 0.1) is 12.7 Å². The fraction of sp³-hybridized carbons (Fsp3) is 0.174. The summed E-state index contributed by atoms with van der Waals surface area (Å²) in [6.45, 7) is 1.75. The molecule has 0 aliphatic heterocycles. The Balaban J connectivity index is 1.77. The van der Waals surface area contributed by atoms with E-state index in [-0.39, 0.29) is 11.4 Å². The van der Waals surface area contributed by atoms with Crippen LogP contribution < -0.4 is 24.8 Å². The lowest BCUT2D eigenvalue weighted by atomic mass is 10.1. The Morgan fingerprint density at radius 1 is 0.875 bits per heavy atom. The third-order valence-electron chi connectivity index (χ3n) is 4.61. The molecule has 32 heavy (non-hydrogen) atoms. The fourth-order valence-corrected chi connectivity index (χ4v) is 2.98. The highest BCUT2D eigenvalue weighted by atomic mass is 19.1. The lowest BCUT2D eigenvalue weighted by molar-refractivity contribution is 0.101. The fourth-order valence-electron chi connectivity index (χ4n) is 2.98. The molecule has 2 amide bonds. The van der Waals surface area contributed by atoms with Gasteiger partial charge in [-0.1, -0.05) is 6.07 Å². The number of pyridine rings is 1. The predicted octanol–water partition coefficient (Wildman–Crippen LogP) is 4.06. The number of rotatable bonds is 7. The van der Waals surface area contributed by atoms with Crippen molar-refractivity contribution in [3.8, 4) is 17.2 Å². The van der Waals surface area contributed by atoms with Crippen molar-refractivity contribution in [2.45, 2.75) is 6.92 Å². The average molecular weight is 439 g/mol. The van der Waals surface area contributed by atoms with Gasteiger partial charge in [-0.2, -0.15) is 0 Å². The zero-order valence-electron chi connectivity index (χ0n) is 18.0. The predicted molar refractivity (Wildman–Crippen MR) is 117 cm³/mol. The number of benzene rings is 2. The molecule has 166 valence electrons. The highest BCUT2D eigenvalue weighted by Crippen LogP contribution is 2.38. The van der Waals surface area contributed by atoms with Crippen molar-refractivity contribution >= 4 is 23.3 Å². The van der Waals surface area contributed by atoms with Crippen molar-refractivity contribution in [1.82, 2.24) is 4.98 Å². The van der Waals surface area contributed by atoms with Crippen LogP contribution in [0.15, 0.2) is 48.7 Å². The molecule has 0 spiro atoms. The number of aryl methyl sites for hydroxylation is 1. The van der Waals surface area contributed by atoms with Gasteiger partial charge in [0.05, 0.1) is 33.2 Å². The molecule has 0 saturated heterocycles. The van der Waals surface area contributed by atoms with Gasteiger partial charge in [0.25, 0.3) is 11.8 Å². The van der Waals surface area contributed by atoms with Crippen LogP contribution >= 0.6 is 0 Å². The van der Waals surface area contributed by atoms with Gasteiger partial charge in [0.15, 0.2) is 11.5 Å². The van der Waals surface area contributed by atoms with Gasteiger partial charge in [-0.3, -0.25) is 9.59 Å². The van der Waals surface area contributed by atoms with Crippen molar-refractivity contribution in [1.29, 1.82) is 0 Å². The molecule has 3 rings (SSSR count). The van der Waals surface area contributed by atoms with Crippen LogP contribution in [0.5, 0.6) is 17.2 Å². The average Bonchev–Trinajstić information content (AvgIpc) is 2.79. The summed E-state index contributed by atoms with van der Waals surface area (Å²) in [6, 6.07) is 10.0. The Morgan fingerprint density at radius 3 is 2.09 bits per heavy atom. The van der Waals surface area contributed by atoms with Crippen molar-refractivity contribution in [2.24, 2.45) is 0 Å². The number of amides is 2. The molecule has 0 aliphatic carbocycles.